The number of benzene rings is 1. The number of aryl methyl sites for hydroxylation is 1. The van der Waals surface area contributed by atoms with Crippen molar-refractivity contribution in [2.75, 3.05) is 6.61 Å². The maximum atomic E-state index is 9.72. The molecule has 1 aliphatic heterocycles. The third-order valence-electron chi connectivity index (χ3n) is 4.52. The summed E-state index contributed by atoms with van der Waals surface area (Å²) in [5.41, 5.74) is 2.33. The molecule has 114 valence electrons. The molecule has 1 fully saturated rings. The molecule has 2 rings (SSSR count). The van der Waals surface area contributed by atoms with Gasteiger partial charge in [0.25, 0.3) is 0 Å². The molecule has 0 aliphatic carbocycles. The van der Waals surface area contributed by atoms with E-state index in [0.29, 0.717) is 0 Å². The van der Waals surface area contributed by atoms with E-state index in [-0.39, 0.29) is 6.61 Å². The second-order valence-electron chi connectivity index (χ2n) is 6.52. The van der Waals surface area contributed by atoms with Crippen LogP contribution >= 0.6 is 0 Å². The van der Waals surface area contributed by atoms with Crippen LogP contribution in [0.3, 0.4) is 0 Å². The van der Waals surface area contributed by atoms with Gasteiger partial charge in [-0.1, -0.05) is 37.3 Å². The van der Waals surface area contributed by atoms with Gasteiger partial charge in [0.05, 0.1) is 17.8 Å². The average molecular weight is 288 g/mol. The van der Waals surface area contributed by atoms with Crippen molar-refractivity contribution in [2.24, 2.45) is 0 Å². The number of rotatable bonds is 4. The van der Waals surface area contributed by atoms with Crippen LogP contribution in [0.2, 0.25) is 0 Å². The van der Waals surface area contributed by atoms with Gasteiger partial charge in [0, 0.05) is 0 Å². The van der Waals surface area contributed by atoms with E-state index in [1.54, 1.807) is 0 Å². The Bertz CT molecular complexity index is 519. The van der Waals surface area contributed by atoms with E-state index in [2.05, 4.69) is 19.1 Å². The van der Waals surface area contributed by atoms with Crippen molar-refractivity contribution in [1.29, 1.82) is 0 Å². The molecule has 0 amide bonds. The van der Waals surface area contributed by atoms with Crippen molar-refractivity contribution in [3.05, 3.63) is 40.9 Å². The first-order valence-electron chi connectivity index (χ1n) is 7.55. The van der Waals surface area contributed by atoms with Crippen molar-refractivity contribution in [1.82, 2.24) is 0 Å². The van der Waals surface area contributed by atoms with Crippen molar-refractivity contribution in [3.8, 4) is 0 Å². The van der Waals surface area contributed by atoms with Crippen LogP contribution in [0.15, 0.2) is 29.7 Å². The summed E-state index contributed by atoms with van der Waals surface area (Å²) in [6, 6.07) is 8.19. The van der Waals surface area contributed by atoms with E-state index in [1.165, 1.54) is 5.56 Å². The molecule has 0 bridgehead atoms. The molecular weight excluding hydrogens is 263 g/mol. The molecule has 1 heterocycles. The lowest BCUT2D eigenvalue weighted by Gasteiger charge is -2.32. The van der Waals surface area contributed by atoms with Crippen LogP contribution in [0.25, 0.3) is 6.08 Å². The molecule has 0 unspecified atom stereocenters. The summed E-state index contributed by atoms with van der Waals surface area (Å²) in [4.78, 5) is 0. The van der Waals surface area contributed by atoms with Gasteiger partial charge >= 0.3 is 7.12 Å². The molecule has 1 N–H and O–H groups in total. The number of hydrogen-bond donors (Lipinski definition) is 1. The molecule has 0 radical (unpaired) electrons. The fourth-order valence-corrected chi connectivity index (χ4v) is 2.38. The van der Waals surface area contributed by atoms with Crippen molar-refractivity contribution >= 4 is 13.2 Å². The Balaban J connectivity index is 2.31. The van der Waals surface area contributed by atoms with Gasteiger partial charge in [-0.25, -0.2) is 0 Å². The molecule has 0 atom stereocenters. The number of aliphatic hydroxyl groups is 1. The van der Waals surface area contributed by atoms with E-state index in [1.807, 2.05) is 45.9 Å². The lowest BCUT2D eigenvalue weighted by atomic mass is 9.77. The third-order valence-corrected chi connectivity index (χ3v) is 4.52. The Morgan fingerprint density at radius 1 is 1.14 bits per heavy atom. The molecule has 0 aromatic heterocycles. The van der Waals surface area contributed by atoms with Crippen LogP contribution < -0.4 is 0 Å². The van der Waals surface area contributed by atoms with Crippen LogP contribution in [0.4, 0.5) is 0 Å². The highest BCUT2D eigenvalue weighted by molar-refractivity contribution is 6.55. The standard InChI is InChI=1S/C17H25BO3/c1-6-13-9-7-8-10-14(13)11-15(12-19)18-20-16(2,3)17(4,5)21-18/h7-11,19H,6,12H2,1-5H3. The fraction of sp³-hybridized carbons (Fsp3) is 0.529. The quantitative estimate of drug-likeness (QED) is 0.864. The highest BCUT2D eigenvalue weighted by Gasteiger charge is 2.52. The Kier molecular flexibility index (Phi) is 4.62. The highest BCUT2D eigenvalue weighted by atomic mass is 16.7. The van der Waals surface area contributed by atoms with Crippen molar-refractivity contribution < 1.29 is 14.4 Å². The number of hydrogen-bond acceptors (Lipinski definition) is 3. The van der Waals surface area contributed by atoms with Crippen LogP contribution in [-0.2, 0) is 15.7 Å². The first-order valence-corrected chi connectivity index (χ1v) is 7.55. The van der Waals surface area contributed by atoms with Crippen LogP contribution in [-0.4, -0.2) is 30.0 Å². The molecule has 4 heteroatoms. The summed E-state index contributed by atoms with van der Waals surface area (Å²) < 4.78 is 12.0. The summed E-state index contributed by atoms with van der Waals surface area (Å²) >= 11 is 0. The zero-order chi connectivity index (χ0) is 15.7. The minimum absolute atomic E-state index is 0.0745. The van der Waals surface area contributed by atoms with Gasteiger partial charge in [0.15, 0.2) is 0 Å². The SMILES string of the molecule is CCc1ccccc1C=C(CO)B1OC(C)(C)C(C)(C)O1. The smallest absolute Gasteiger partial charge is 0.400 e. The Hall–Kier alpha value is -1.10. The van der Waals surface area contributed by atoms with Gasteiger partial charge in [-0.05, 0) is 50.7 Å². The summed E-state index contributed by atoms with van der Waals surface area (Å²) in [6.07, 6.45) is 2.94. The summed E-state index contributed by atoms with van der Waals surface area (Å²) in [6.45, 7) is 10.1. The average Bonchev–Trinajstić information content (AvgIpc) is 2.65. The summed E-state index contributed by atoms with van der Waals surface area (Å²) in [5.74, 6) is 0. The zero-order valence-electron chi connectivity index (χ0n) is 13.6. The maximum absolute atomic E-state index is 9.72. The first-order chi connectivity index (χ1) is 9.80. The maximum Gasteiger partial charge on any atom is 0.492 e. The van der Waals surface area contributed by atoms with Gasteiger partial charge in [0.2, 0.25) is 0 Å². The molecule has 3 nitrogen and oxygen atoms in total. The second-order valence-corrected chi connectivity index (χ2v) is 6.52. The number of aliphatic hydroxyl groups excluding tert-OH is 1. The van der Waals surface area contributed by atoms with E-state index in [9.17, 15) is 5.11 Å². The molecule has 0 saturated carbocycles. The molecule has 1 aromatic carbocycles. The minimum Gasteiger partial charge on any atom is -0.400 e. The Labute approximate surface area is 128 Å². The predicted molar refractivity (Wildman–Crippen MR) is 87.0 cm³/mol. The Morgan fingerprint density at radius 3 is 2.24 bits per heavy atom. The summed E-state index contributed by atoms with van der Waals surface area (Å²) in [7, 11) is -0.495. The van der Waals surface area contributed by atoms with E-state index < -0.39 is 18.3 Å². The predicted octanol–water partition coefficient (Wildman–Crippen LogP) is 3.26. The lowest BCUT2D eigenvalue weighted by molar-refractivity contribution is 0.00578. The normalized spacial score (nSPS) is 20.9. The second kappa shape index (κ2) is 5.95. The van der Waals surface area contributed by atoms with Gasteiger partial charge in [-0.15, -0.1) is 0 Å². The summed E-state index contributed by atoms with van der Waals surface area (Å²) in [5, 5.41) is 9.72. The monoisotopic (exact) mass is 288 g/mol. The molecule has 1 aromatic rings. The topological polar surface area (TPSA) is 38.7 Å². The van der Waals surface area contributed by atoms with Gasteiger partial charge in [-0.2, -0.15) is 0 Å². The van der Waals surface area contributed by atoms with E-state index in [0.717, 1.165) is 17.5 Å². The third kappa shape index (κ3) is 3.23. The van der Waals surface area contributed by atoms with Crippen LogP contribution in [0, 0.1) is 0 Å². The minimum atomic E-state index is -0.495. The zero-order valence-corrected chi connectivity index (χ0v) is 13.6. The highest BCUT2D eigenvalue weighted by Crippen LogP contribution is 2.38. The van der Waals surface area contributed by atoms with Gasteiger partial charge in [0.1, 0.15) is 0 Å². The van der Waals surface area contributed by atoms with Gasteiger partial charge < -0.3 is 14.4 Å². The molecule has 1 saturated heterocycles. The fourth-order valence-electron chi connectivity index (χ4n) is 2.38. The molecule has 0 spiro atoms. The lowest BCUT2D eigenvalue weighted by Crippen LogP contribution is -2.41. The molecular formula is C17H25BO3. The van der Waals surface area contributed by atoms with Crippen molar-refractivity contribution in [2.45, 2.75) is 52.2 Å². The van der Waals surface area contributed by atoms with Crippen molar-refractivity contribution in [3.63, 3.8) is 0 Å². The first kappa shape index (κ1) is 16.3. The van der Waals surface area contributed by atoms with Gasteiger partial charge in [-0.3, -0.25) is 0 Å². The van der Waals surface area contributed by atoms with Crippen LogP contribution in [0.1, 0.15) is 45.7 Å². The van der Waals surface area contributed by atoms with Crippen LogP contribution in [0.5, 0.6) is 0 Å². The largest absolute Gasteiger partial charge is 0.492 e. The van der Waals surface area contributed by atoms with E-state index in [4.69, 9.17) is 9.31 Å². The molecule has 21 heavy (non-hydrogen) atoms. The Morgan fingerprint density at radius 2 is 1.71 bits per heavy atom. The molecule has 1 aliphatic rings. The van der Waals surface area contributed by atoms with E-state index >= 15 is 0 Å².